The number of benzene rings is 2. The molecule has 1 saturated heterocycles. The smallest absolute Gasteiger partial charge is 0.223 e. The lowest BCUT2D eigenvalue weighted by molar-refractivity contribution is -0.132. The van der Waals surface area contributed by atoms with Crippen LogP contribution in [0.4, 0.5) is 0 Å². The molecule has 3 aromatic rings. The Hall–Kier alpha value is -2.79. The molecular weight excluding hydrogens is 400 g/mol. The van der Waals surface area contributed by atoms with Gasteiger partial charge in [-0.1, -0.05) is 23.7 Å². The summed E-state index contributed by atoms with van der Waals surface area (Å²) in [6.07, 6.45) is 4.57. The molecule has 0 radical (unpaired) electrons. The molecule has 1 amide bonds. The molecule has 6 heteroatoms. The first-order chi connectivity index (χ1) is 14.6. The highest BCUT2D eigenvalue weighted by molar-refractivity contribution is 6.30. The Kier molecular flexibility index (Phi) is 6.38. The fraction of sp³-hybridized carbons (Fsp3) is 0.333. The van der Waals surface area contributed by atoms with Gasteiger partial charge in [-0.25, -0.2) is 4.98 Å². The van der Waals surface area contributed by atoms with E-state index in [0.29, 0.717) is 36.1 Å². The van der Waals surface area contributed by atoms with Crippen LogP contribution in [-0.4, -0.2) is 28.9 Å². The molecule has 1 aromatic heterocycles. The molecule has 4 rings (SSSR count). The van der Waals surface area contributed by atoms with Gasteiger partial charge in [0.1, 0.15) is 5.75 Å². The van der Waals surface area contributed by atoms with Crippen LogP contribution in [-0.2, 0) is 11.2 Å². The number of aromatic nitrogens is 1. The number of amides is 1. The Labute approximate surface area is 181 Å². The van der Waals surface area contributed by atoms with Crippen molar-refractivity contribution in [2.24, 2.45) is 0 Å². The summed E-state index contributed by atoms with van der Waals surface area (Å²) in [5.74, 6) is 2.25. The van der Waals surface area contributed by atoms with E-state index in [4.69, 9.17) is 20.8 Å². The molecule has 0 aliphatic carbocycles. The third-order valence-corrected chi connectivity index (χ3v) is 5.64. The maximum Gasteiger partial charge on any atom is 0.223 e. The number of carbonyl (C=O) groups is 1. The van der Waals surface area contributed by atoms with Crippen molar-refractivity contribution >= 4 is 17.5 Å². The lowest BCUT2D eigenvalue weighted by Gasteiger charge is -2.25. The molecular formula is C24H25ClN2O3. The van der Waals surface area contributed by atoms with Crippen molar-refractivity contribution in [2.45, 2.75) is 38.6 Å². The monoisotopic (exact) mass is 424 g/mol. The second-order valence-corrected chi connectivity index (χ2v) is 7.81. The predicted molar refractivity (Wildman–Crippen MR) is 117 cm³/mol. The summed E-state index contributed by atoms with van der Waals surface area (Å²) >= 11 is 5.93. The first kappa shape index (κ1) is 20.5. The van der Waals surface area contributed by atoms with Gasteiger partial charge in [-0.3, -0.25) is 4.79 Å². The quantitative estimate of drug-likeness (QED) is 0.488. The Balaban J connectivity index is 1.37. The summed E-state index contributed by atoms with van der Waals surface area (Å²) in [4.78, 5) is 19.2. The number of hydrogen-bond donors (Lipinski definition) is 0. The van der Waals surface area contributed by atoms with Gasteiger partial charge in [0.15, 0.2) is 11.7 Å². The van der Waals surface area contributed by atoms with Gasteiger partial charge >= 0.3 is 0 Å². The van der Waals surface area contributed by atoms with Crippen molar-refractivity contribution in [3.05, 3.63) is 71.2 Å². The fourth-order valence-electron chi connectivity index (χ4n) is 3.90. The van der Waals surface area contributed by atoms with Gasteiger partial charge < -0.3 is 14.1 Å². The maximum absolute atomic E-state index is 12.9. The molecule has 1 fully saturated rings. The van der Waals surface area contributed by atoms with E-state index >= 15 is 0 Å². The van der Waals surface area contributed by atoms with Crippen molar-refractivity contribution in [1.29, 1.82) is 0 Å². The zero-order chi connectivity index (χ0) is 20.9. The number of aryl methyl sites for hydroxylation is 1. The van der Waals surface area contributed by atoms with E-state index in [9.17, 15) is 4.79 Å². The number of likely N-dealkylation sites (tertiary alicyclic amines) is 1. The summed E-state index contributed by atoms with van der Waals surface area (Å²) in [5.41, 5.74) is 2.07. The Bertz CT molecular complexity index is 982. The Morgan fingerprint density at radius 3 is 2.70 bits per heavy atom. The van der Waals surface area contributed by atoms with E-state index < -0.39 is 0 Å². The fourth-order valence-corrected chi connectivity index (χ4v) is 4.02. The zero-order valence-electron chi connectivity index (χ0n) is 17.0. The lowest BCUT2D eigenvalue weighted by Crippen LogP contribution is -2.30. The summed E-state index contributed by atoms with van der Waals surface area (Å²) < 4.78 is 11.4. The van der Waals surface area contributed by atoms with Crippen LogP contribution in [0, 0.1) is 0 Å². The second-order valence-electron chi connectivity index (χ2n) is 7.37. The van der Waals surface area contributed by atoms with Crippen LogP contribution in [0.3, 0.4) is 0 Å². The molecule has 2 heterocycles. The van der Waals surface area contributed by atoms with Crippen molar-refractivity contribution in [3.63, 3.8) is 0 Å². The highest BCUT2D eigenvalue weighted by Crippen LogP contribution is 2.33. The van der Waals surface area contributed by atoms with Gasteiger partial charge in [-0.05, 0) is 61.7 Å². The molecule has 0 N–H and O–H groups in total. The van der Waals surface area contributed by atoms with E-state index in [-0.39, 0.29) is 11.9 Å². The van der Waals surface area contributed by atoms with Gasteiger partial charge in [-0.15, -0.1) is 0 Å². The molecule has 156 valence electrons. The molecule has 1 aliphatic heterocycles. The number of halogens is 1. The highest BCUT2D eigenvalue weighted by Gasteiger charge is 2.29. The molecule has 0 bridgehead atoms. The van der Waals surface area contributed by atoms with Crippen molar-refractivity contribution < 1.29 is 13.9 Å². The number of ether oxygens (including phenoxy) is 1. The standard InChI is InChI=1S/C24H25ClN2O3/c1-2-29-20-11-7-17(8-12-20)21-4-3-15-27(21)24(28)14-13-23-26-16-22(30-23)18-5-9-19(25)10-6-18/h5-12,16,21H,2-4,13-15H2,1H3. The second kappa shape index (κ2) is 9.35. The van der Waals surface area contributed by atoms with Crippen LogP contribution >= 0.6 is 11.6 Å². The minimum absolute atomic E-state index is 0.127. The number of nitrogens with zero attached hydrogens (tertiary/aromatic N) is 2. The van der Waals surface area contributed by atoms with Crippen LogP contribution < -0.4 is 4.74 Å². The summed E-state index contributed by atoms with van der Waals surface area (Å²) in [7, 11) is 0. The van der Waals surface area contributed by atoms with Crippen molar-refractivity contribution in [3.8, 4) is 17.1 Å². The van der Waals surface area contributed by atoms with Gasteiger partial charge in [0.25, 0.3) is 0 Å². The molecule has 0 saturated carbocycles. The van der Waals surface area contributed by atoms with Gasteiger partial charge in [0.05, 0.1) is 18.8 Å². The van der Waals surface area contributed by atoms with E-state index in [1.807, 2.05) is 48.2 Å². The van der Waals surface area contributed by atoms with Gasteiger partial charge in [-0.2, -0.15) is 0 Å². The van der Waals surface area contributed by atoms with Crippen LogP contribution in [0.5, 0.6) is 5.75 Å². The molecule has 2 aromatic carbocycles. The van der Waals surface area contributed by atoms with Gasteiger partial charge in [0.2, 0.25) is 5.91 Å². The topological polar surface area (TPSA) is 55.6 Å². The summed E-state index contributed by atoms with van der Waals surface area (Å²) in [5, 5.41) is 0.678. The maximum atomic E-state index is 12.9. The van der Waals surface area contributed by atoms with E-state index in [1.54, 1.807) is 6.20 Å². The minimum Gasteiger partial charge on any atom is -0.494 e. The normalized spacial score (nSPS) is 16.1. The van der Waals surface area contributed by atoms with E-state index in [0.717, 1.165) is 36.3 Å². The highest BCUT2D eigenvalue weighted by atomic mass is 35.5. The van der Waals surface area contributed by atoms with E-state index in [1.165, 1.54) is 0 Å². The summed E-state index contributed by atoms with van der Waals surface area (Å²) in [6, 6.07) is 15.6. The van der Waals surface area contributed by atoms with Crippen LogP contribution in [0.15, 0.2) is 59.1 Å². The first-order valence-electron chi connectivity index (χ1n) is 10.4. The molecule has 1 unspecified atom stereocenters. The average Bonchev–Trinajstić information content (AvgIpc) is 3.43. The van der Waals surface area contributed by atoms with Gasteiger partial charge in [0, 0.05) is 30.0 Å². The summed E-state index contributed by atoms with van der Waals surface area (Å²) in [6.45, 7) is 3.41. The lowest BCUT2D eigenvalue weighted by atomic mass is 10.0. The SMILES string of the molecule is CCOc1ccc(C2CCCN2C(=O)CCc2ncc(-c3ccc(Cl)cc3)o2)cc1. The molecule has 30 heavy (non-hydrogen) atoms. The van der Waals surface area contributed by atoms with E-state index in [2.05, 4.69) is 17.1 Å². The molecule has 5 nitrogen and oxygen atoms in total. The molecule has 1 atom stereocenters. The number of rotatable bonds is 7. The van der Waals surface area contributed by atoms with Crippen LogP contribution in [0.1, 0.15) is 43.7 Å². The third-order valence-electron chi connectivity index (χ3n) is 5.38. The van der Waals surface area contributed by atoms with Crippen molar-refractivity contribution in [2.75, 3.05) is 13.2 Å². The minimum atomic E-state index is 0.127. The number of carbonyl (C=O) groups excluding carboxylic acids is 1. The largest absolute Gasteiger partial charge is 0.494 e. The van der Waals surface area contributed by atoms with Crippen LogP contribution in [0.2, 0.25) is 5.02 Å². The van der Waals surface area contributed by atoms with Crippen LogP contribution in [0.25, 0.3) is 11.3 Å². The average molecular weight is 425 g/mol. The zero-order valence-corrected chi connectivity index (χ0v) is 17.8. The number of hydrogen-bond acceptors (Lipinski definition) is 4. The molecule has 0 spiro atoms. The molecule has 1 aliphatic rings. The Morgan fingerprint density at radius 1 is 1.20 bits per heavy atom. The third kappa shape index (κ3) is 4.68. The van der Waals surface area contributed by atoms with Crippen molar-refractivity contribution in [1.82, 2.24) is 9.88 Å². The first-order valence-corrected chi connectivity index (χ1v) is 10.7. The Morgan fingerprint density at radius 2 is 1.97 bits per heavy atom. The number of oxazole rings is 1. The predicted octanol–water partition coefficient (Wildman–Crippen LogP) is 5.69.